The molecule has 0 spiro atoms. The quantitative estimate of drug-likeness (QED) is 0.698. The molecule has 1 aliphatic rings. The van der Waals surface area contributed by atoms with Crippen LogP contribution >= 0.6 is 0 Å². The standard InChI is InChI=1S/C24H32N4O4/c1-7-20(28-23(30)32-24(4,5)6)22(29)27-17-9-11-21(26-14-17)31-18-10-8-16(13-25)19(12-18)15(2)3/h8-12,15,17,20H,7,14H2,1-6H3,(H,27,29)(H,28,30)/t17?,20-/m1/s1. The van der Waals surface area contributed by atoms with Crippen LogP contribution in [0.15, 0.2) is 35.3 Å². The molecule has 0 fully saturated rings. The molecule has 1 aliphatic heterocycles. The van der Waals surface area contributed by atoms with Crippen LogP contribution in [0.2, 0.25) is 0 Å². The Balaban J connectivity index is 1.93. The third-order valence-corrected chi connectivity index (χ3v) is 4.65. The zero-order valence-electron chi connectivity index (χ0n) is 19.6. The zero-order chi connectivity index (χ0) is 23.9. The van der Waals surface area contributed by atoms with Crippen molar-refractivity contribution < 1.29 is 19.1 Å². The molecule has 1 heterocycles. The lowest BCUT2D eigenvalue weighted by atomic mass is 9.98. The number of nitrogens with zero attached hydrogens (tertiary/aromatic N) is 2. The number of aliphatic imine (C=N–C) groups is 1. The van der Waals surface area contributed by atoms with Crippen LogP contribution in [0.4, 0.5) is 4.79 Å². The van der Waals surface area contributed by atoms with Crippen molar-refractivity contribution in [3.05, 3.63) is 41.5 Å². The third-order valence-electron chi connectivity index (χ3n) is 4.65. The number of hydrogen-bond donors (Lipinski definition) is 2. The van der Waals surface area contributed by atoms with E-state index in [-0.39, 0.29) is 17.9 Å². The second kappa shape index (κ2) is 10.8. The number of nitriles is 1. The molecular formula is C24H32N4O4. The molecule has 0 bridgehead atoms. The number of carbonyl (C=O) groups is 2. The van der Waals surface area contributed by atoms with Crippen LogP contribution in [0.5, 0.6) is 5.75 Å². The van der Waals surface area contributed by atoms with E-state index >= 15 is 0 Å². The van der Waals surface area contributed by atoms with E-state index < -0.39 is 17.7 Å². The summed E-state index contributed by atoms with van der Waals surface area (Å²) in [7, 11) is 0. The number of nitrogens with one attached hydrogen (secondary N) is 2. The topological polar surface area (TPSA) is 113 Å². The molecule has 0 saturated heterocycles. The summed E-state index contributed by atoms with van der Waals surface area (Å²) >= 11 is 0. The van der Waals surface area contributed by atoms with E-state index in [4.69, 9.17) is 9.47 Å². The second-order valence-corrected chi connectivity index (χ2v) is 8.88. The molecule has 1 aromatic rings. The van der Waals surface area contributed by atoms with Gasteiger partial charge in [-0.05, 0) is 62.9 Å². The summed E-state index contributed by atoms with van der Waals surface area (Å²) in [5.41, 5.74) is 0.904. The molecule has 8 nitrogen and oxygen atoms in total. The Labute approximate surface area is 189 Å². The molecule has 0 aromatic heterocycles. The number of amides is 2. The number of alkyl carbamates (subject to hydrolysis) is 1. The minimum Gasteiger partial charge on any atom is -0.444 e. The molecule has 2 amide bonds. The van der Waals surface area contributed by atoms with E-state index in [0.29, 0.717) is 30.2 Å². The largest absolute Gasteiger partial charge is 0.444 e. The van der Waals surface area contributed by atoms with E-state index in [1.165, 1.54) is 0 Å². The van der Waals surface area contributed by atoms with Crippen molar-refractivity contribution in [1.29, 1.82) is 5.26 Å². The first-order valence-electron chi connectivity index (χ1n) is 10.8. The monoisotopic (exact) mass is 440 g/mol. The van der Waals surface area contributed by atoms with Crippen LogP contribution in [0.25, 0.3) is 0 Å². The Hall–Kier alpha value is -3.34. The average Bonchev–Trinajstić information content (AvgIpc) is 2.72. The number of rotatable bonds is 6. The fourth-order valence-corrected chi connectivity index (χ4v) is 3.05. The van der Waals surface area contributed by atoms with Crippen molar-refractivity contribution >= 4 is 17.9 Å². The van der Waals surface area contributed by atoms with Crippen molar-refractivity contribution in [2.75, 3.05) is 6.54 Å². The van der Waals surface area contributed by atoms with Crippen LogP contribution in [-0.4, -0.2) is 42.1 Å². The third kappa shape index (κ3) is 7.41. The lowest BCUT2D eigenvalue weighted by Gasteiger charge is -2.24. The van der Waals surface area contributed by atoms with Crippen molar-refractivity contribution in [1.82, 2.24) is 10.6 Å². The van der Waals surface area contributed by atoms with Gasteiger partial charge in [0, 0.05) is 0 Å². The first-order valence-corrected chi connectivity index (χ1v) is 10.8. The maximum Gasteiger partial charge on any atom is 0.408 e. The van der Waals surface area contributed by atoms with Crippen molar-refractivity contribution in [2.45, 2.75) is 71.6 Å². The van der Waals surface area contributed by atoms with Gasteiger partial charge in [-0.1, -0.05) is 26.8 Å². The van der Waals surface area contributed by atoms with E-state index in [0.717, 1.165) is 5.56 Å². The summed E-state index contributed by atoms with van der Waals surface area (Å²) in [6.45, 7) is 11.5. The predicted octanol–water partition coefficient (Wildman–Crippen LogP) is 3.82. The normalized spacial score (nSPS) is 16.6. The van der Waals surface area contributed by atoms with Gasteiger partial charge in [0.15, 0.2) is 0 Å². The Morgan fingerprint density at radius 3 is 2.56 bits per heavy atom. The Kier molecular flexibility index (Phi) is 8.41. The molecule has 0 saturated carbocycles. The summed E-state index contributed by atoms with van der Waals surface area (Å²) in [6, 6.07) is 6.51. The molecule has 0 radical (unpaired) electrons. The van der Waals surface area contributed by atoms with Gasteiger partial charge in [0.25, 0.3) is 0 Å². The molecule has 172 valence electrons. The maximum absolute atomic E-state index is 12.6. The van der Waals surface area contributed by atoms with E-state index in [1.807, 2.05) is 26.8 Å². The fraction of sp³-hybridized carbons (Fsp3) is 0.500. The number of benzene rings is 1. The van der Waals surface area contributed by atoms with Gasteiger partial charge < -0.3 is 20.1 Å². The number of dihydropyridines is 1. The highest BCUT2D eigenvalue weighted by Gasteiger charge is 2.25. The van der Waals surface area contributed by atoms with E-state index in [2.05, 4.69) is 21.7 Å². The molecule has 2 N–H and O–H groups in total. The van der Waals surface area contributed by atoms with Gasteiger partial charge in [-0.15, -0.1) is 0 Å². The molecule has 0 aliphatic carbocycles. The van der Waals surface area contributed by atoms with Crippen molar-refractivity contribution in [3.8, 4) is 11.8 Å². The average molecular weight is 441 g/mol. The number of carbonyl (C=O) groups excluding carboxylic acids is 2. The van der Waals surface area contributed by atoms with Gasteiger partial charge in [0.05, 0.1) is 24.2 Å². The smallest absolute Gasteiger partial charge is 0.408 e. The summed E-state index contributed by atoms with van der Waals surface area (Å²) in [4.78, 5) is 28.9. The minimum atomic E-state index is -0.701. The fourth-order valence-electron chi connectivity index (χ4n) is 3.05. The Morgan fingerprint density at radius 1 is 1.31 bits per heavy atom. The Bertz CT molecular complexity index is 938. The first-order chi connectivity index (χ1) is 15.0. The van der Waals surface area contributed by atoms with E-state index in [9.17, 15) is 14.9 Å². The summed E-state index contributed by atoms with van der Waals surface area (Å²) in [5, 5.41) is 14.7. The molecule has 32 heavy (non-hydrogen) atoms. The lowest BCUT2D eigenvalue weighted by Crippen LogP contribution is -2.51. The molecule has 1 aromatic carbocycles. The minimum absolute atomic E-state index is 0.192. The van der Waals surface area contributed by atoms with Crippen molar-refractivity contribution in [2.24, 2.45) is 4.99 Å². The van der Waals surface area contributed by atoms with Crippen LogP contribution in [0.1, 0.15) is 65.0 Å². The molecule has 2 rings (SSSR count). The molecular weight excluding hydrogens is 408 g/mol. The highest BCUT2D eigenvalue weighted by molar-refractivity contribution is 5.91. The predicted molar refractivity (Wildman–Crippen MR) is 123 cm³/mol. The Morgan fingerprint density at radius 2 is 2.03 bits per heavy atom. The van der Waals surface area contributed by atoms with Crippen LogP contribution in [-0.2, 0) is 9.53 Å². The number of ether oxygens (including phenoxy) is 2. The molecule has 1 unspecified atom stereocenters. The van der Waals surface area contributed by atoms with Crippen molar-refractivity contribution in [3.63, 3.8) is 0 Å². The molecule has 2 atom stereocenters. The van der Waals surface area contributed by atoms with Gasteiger partial charge in [-0.25, -0.2) is 9.79 Å². The maximum atomic E-state index is 12.6. The van der Waals surface area contributed by atoms with Gasteiger partial charge in [0.2, 0.25) is 11.8 Å². The highest BCUT2D eigenvalue weighted by atomic mass is 16.6. The van der Waals surface area contributed by atoms with E-state index in [1.54, 1.807) is 45.1 Å². The second-order valence-electron chi connectivity index (χ2n) is 8.88. The summed E-state index contributed by atoms with van der Waals surface area (Å²) in [5.74, 6) is 0.915. The van der Waals surface area contributed by atoms with Gasteiger partial charge in [-0.3, -0.25) is 4.79 Å². The van der Waals surface area contributed by atoms with Gasteiger partial charge in [0.1, 0.15) is 17.4 Å². The number of hydrogen-bond acceptors (Lipinski definition) is 6. The molecule has 8 heteroatoms. The lowest BCUT2D eigenvalue weighted by molar-refractivity contribution is -0.123. The van der Waals surface area contributed by atoms with Crippen LogP contribution < -0.4 is 15.4 Å². The van der Waals surface area contributed by atoms with Gasteiger partial charge >= 0.3 is 6.09 Å². The first kappa shape index (κ1) is 24.9. The van der Waals surface area contributed by atoms with Gasteiger partial charge in [-0.2, -0.15) is 5.26 Å². The van der Waals surface area contributed by atoms with Crippen LogP contribution in [0.3, 0.4) is 0 Å². The zero-order valence-corrected chi connectivity index (χ0v) is 19.6. The SMILES string of the molecule is CC[C@@H](NC(=O)OC(C)(C)C)C(=O)NC1C=CC(Oc2ccc(C#N)c(C(C)C)c2)=NC1. The van der Waals surface area contributed by atoms with Crippen LogP contribution in [0, 0.1) is 11.3 Å². The summed E-state index contributed by atoms with van der Waals surface area (Å²) < 4.78 is 11.1. The highest BCUT2D eigenvalue weighted by Crippen LogP contribution is 2.24. The summed E-state index contributed by atoms with van der Waals surface area (Å²) in [6.07, 6.45) is 3.29.